The summed E-state index contributed by atoms with van der Waals surface area (Å²) in [5.41, 5.74) is 2.42. The topological polar surface area (TPSA) is 79.3 Å². The van der Waals surface area contributed by atoms with Crippen molar-refractivity contribution in [3.8, 4) is 0 Å². The van der Waals surface area contributed by atoms with Gasteiger partial charge in [0.05, 0.1) is 20.8 Å². The second-order valence-electron chi connectivity index (χ2n) is 6.08. The van der Waals surface area contributed by atoms with Crippen molar-refractivity contribution in [3.63, 3.8) is 0 Å². The third kappa shape index (κ3) is 3.85. The van der Waals surface area contributed by atoms with Crippen LogP contribution in [0, 0.1) is 0 Å². The summed E-state index contributed by atoms with van der Waals surface area (Å²) in [4.78, 5) is 27.9. The van der Waals surface area contributed by atoms with Crippen LogP contribution >= 0.6 is 11.3 Å². The zero-order valence-electron chi connectivity index (χ0n) is 13.9. The number of carboxylic acids is 1. The Balaban J connectivity index is 1.73. The molecule has 2 N–H and O–H groups in total. The van der Waals surface area contributed by atoms with Gasteiger partial charge in [-0.1, -0.05) is 26.0 Å². The number of rotatable bonds is 5. The first-order chi connectivity index (χ1) is 11.9. The first kappa shape index (κ1) is 17.1. The molecule has 0 spiro atoms. The predicted molar refractivity (Wildman–Crippen MR) is 98.3 cm³/mol. The van der Waals surface area contributed by atoms with Crippen LogP contribution in [-0.4, -0.2) is 22.0 Å². The van der Waals surface area contributed by atoms with Gasteiger partial charge < -0.3 is 10.4 Å². The number of carbonyl (C=O) groups excluding carboxylic acids is 1. The monoisotopic (exact) mass is 354 g/mol. The predicted octanol–water partition coefficient (Wildman–Crippen LogP) is 4.05. The first-order valence-electron chi connectivity index (χ1n) is 7.95. The highest BCUT2D eigenvalue weighted by Gasteiger charge is 2.11. The SMILES string of the molecule is CC(C)c1nc2ccc(C(=O)NCc3cccc(C(=O)O)c3)cc2s1. The van der Waals surface area contributed by atoms with Crippen molar-refractivity contribution in [2.24, 2.45) is 0 Å². The van der Waals surface area contributed by atoms with Crippen LogP contribution in [0.3, 0.4) is 0 Å². The smallest absolute Gasteiger partial charge is 0.335 e. The highest BCUT2D eigenvalue weighted by atomic mass is 32.1. The number of aromatic nitrogens is 1. The molecule has 5 nitrogen and oxygen atoms in total. The van der Waals surface area contributed by atoms with E-state index in [2.05, 4.69) is 24.1 Å². The number of carboxylic acid groups (broad SMARTS) is 1. The van der Waals surface area contributed by atoms with Crippen LogP contribution in [-0.2, 0) is 6.54 Å². The van der Waals surface area contributed by atoms with Gasteiger partial charge in [0.1, 0.15) is 0 Å². The van der Waals surface area contributed by atoms with Gasteiger partial charge in [0.2, 0.25) is 0 Å². The summed E-state index contributed by atoms with van der Waals surface area (Å²) in [6.07, 6.45) is 0. The van der Waals surface area contributed by atoms with Gasteiger partial charge in [0, 0.05) is 18.0 Å². The molecule has 0 aliphatic carbocycles. The van der Waals surface area contributed by atoms with Gasteiger partial charge in [-0.15, -0.1) is 11.3 Å². The molecule has 0 radical (unpaired) electrons. The van der Waals surface area contributed by atoms with E-state index < -0.39 is 5.97 Å². The lowest BCUT2D eigenvalue weighted by Crippen LogP contribution is -2.22. The van der Waals surface area contributed by atoms with Crippen LogP contribution in [0.1, 0.15) is 51.1 Å². The maximum Gasteiger partial charge on any atom is 0.335 e. The Morgan fingerprint density at radius 3 is 2.68 bits per heavy atom. The van der Waals surface area contributed by atoms with E-state index in [1.165, 1.54) is 6.07 Å². The molecule has 25 heavy (non-hydrogen) atoms. The fourth-order valence-electron chi connectivity index (χ4n) is 2.43. The van der Waals surface area contributed by atoms with Crippen LogP contribution in [0.2, 0.25) is 0 Å². The number of nitrogens with zero attached hydrogens (tertiary/aromatic N) is 1. The molecule has 0 saturated heterocycles. The van der Waals surface area contributed by atoms with Crippen LogP contribution in [0.25, 0.3) is 10.2 Å². The number of fused-ring (bicyclic) bond motifs is 1. The molecule has 0 aliphatic heterocycles. The van der Waals surface area contributed by atoms with Gasteiger partial charge in [-0.3, -0.25) is 4.79 Å². The van der Waals surface area contributed by atoms with Crippen molar-refractivity contribution >= 4 is 33.4 Å². The lowest BCUT2D eigenvalue weighted by molar-refractivity contribution is 0.0696. The number of hydrogen-bond donors (Lipinski definition) is 2. The standard InChI is InChI=1S/C19H18N2O3S/c1-11(2)18-21-15-7-6-13(9-16(15)25-18)17(22)20-10-12-4-3-5-14(8-12)19(23)24/h3-9,11H,10H2,1-2H3,(H,20,22)(H,23,24). The number of benzene rings is 2. The van der Waals surface area contributed by atoms with Crippen LogP contribution in [0.4, 0.5) is 0 Å². The Labute approximate surface area is 149 Å². The van der Waals surface area contributed by atoms with E-state index >= 15 is 0 Å². The molecule has 0 saturated carbocycles. The molecular weight excluding hydrogens is 336 g/mol. The molecule has 1 amide bonds. The summed E-state index contributed by atoms with van der Waals surface area (Å²) in [6.45, 7) is 4.46. The van der Waals surface area contributed by atoms with Crippen LogP contribution < -0.4 is 5.32 Å². The van der Waals surface area contributed by atoms with Crippen molar-refractivity contribution < 1.29 is 14.7 Å². The Bertz CT molecular complexity index is 947. The zero-order valence-corrected chi connectivity index (χ0v) is 14.8. The number of thiazole rings is 1. The van der Waals surface area contributed by atoms with E-state index in [0.717, 1.165) is 20.8 Å². The molecule has 3 rings (SSSR count). The van der Waals surface area contributed by atoms with Crippen molar-refractivity contribution in [1.29, 1.82) is 0 Å². The first-order valence-corrected chi connectivity index (χ1v) is 8.76. The molecule has 3 aromatic rings. The molecule has 0 bridgehead atoms. The van der Waals surface area contributed by atoms with Crippen molar-refractivity contribution in [3.05, 3.63) is 64.2 Å². The van der Waals surface area contributed by atoms with Crippen LogP contribution in [0.15, 0.2) is 42.5 Å². The molecule has 6 heteroatoms. The number of aromatic carboxylic acids is 1. The summed E-state index contributed by atoms with van der Waals surface area (Å²) in [5.74, 6) is -0.817. The molecule has 1 heterocycles. The molecule has 0 aliphatic rings. The molecule has 0 unspecified atom stereocenters. The normalized spacial score (nSPS) is 11.0. The highest BCUT2D eigenvalue weighted by molar-refractivity contribution is 7.18. The minimum absolute atomic E-state index is 0.192. The number of amides is 1. The van der Waals surface area contributed by atoms with Gasteiger partial charge in [0.15, 0.2) is 0 Å². The zero-order chi connectivity index (χ0) is 18.0. The van der Waals surface area contributed by atoms with E-state index in [9.17, 15) is 9.59 Å². The molecule has 0 atom stereocenters. The van der Waals surface area contributed by atoms with Gasteiger partial charge in [0.25, 0.3) is 5.91 Å². The number of carbonyl (C=O) groups is 2. The maximum atomic E-state index is 12.4. The highest BCUT2D eigenvalue weighted by Crippen LogP contribution is 2.27. The van der Waals surface area contributed by atoms with E-state index in [-0.39, 0.29) is 18.0 Å². The van der Waals surface area contributed by atoms with E-state index in [4.69, 9.17) is 5.11 Å². The summed E-state index contributed by atoms with van der Waals surface area (Å²) >= 11 is 1.60. The van der Waals surface area contributed by atoms with Crippen molar-refractivity contribution in [2.75, 3.05) is 0 Å². The molecule has 128 valence electrons. The Morgan fingerprint density at radius 1 is 1.16 bits per heavy atom. The van der Waals surface area contributed by atoms with E-state index in [1.54, 1.807) is 35.6 Å². The van der Waals surface area contributed by atoms with E-state index in [1.807, 2.05) is 12.1 Å². The average molecular weight is 354 g/mol. The average Bonchev–Trinajstić information content (AvgIpc) is 3.03. The summed E-state index contributed by atoms with van der Waals surface area (Å²) in [7, 11) is 0. The number of nitrogens with one attached hydrogen (secondary N) is 1. The second-order valence-corrected chi connectivity index (χ2v) is 7.14. The summed E-state index contributed by atoms with van der Waals surface area (Å²) in [5, 5.41) is 12.9. The summed E-state index contributed by atoms with van der Waals surface area (Å²) < 4.78 is 0.990. The molecule has 0 fully saturated rings. The largest absolute Gasteiger partial charge is 0.478 e. The quantitative estimate of drug-likeness (QED) is 0.724. The Morgan fingerprint density at radius 2 is 1.96 bits per heavy atom. The minimum atomic E-state index is -0.982. The third-order valence-electron chi connectivity index (χ3n) is 3.79. The van der Waals surface area contributed by atoms with Gasteiger partial charge in [-0.05, 0) is 35.9 Å². The van der Waals surface area contributed by atoms with Gasteiger partial charge >= 0.3 is 5.97 Å². The minimum Gasteiger partial charge on any atom is -0.478 e. The second kappa shape index (κ2) is 7.03. The lowest BCUT2D eigenvalue weighted by Gasteiger charge is -2.06. The van der Waals surface area contributed by atoms with Gasteiger partial charge in [-0.25, -0.2) is 9.78 Å². The Kier molecular flexibility index (Phi) is 4.81. The summed E-state index contributed by atoms with van der Waals surface area (Å²) in [6, 6.07) is 12.0. The van der Waals surface area contributed by atoms with Crippen LogP contribution in [0.5, 0.6) is 0 Å². The van der Waals surface area contributed by atoms with Gasteiger partial charge in [-0.2, -0.15) is 0 Å². The fourth-order valence-corrected chi connectivity index (χ4v) is 3.44. The van der Waals surface area contributed by atoms with Crippen molar-refractivity contribution in [1.82, 2.24) is 10.3 Å². The third-order valence-corrected chi connectivity index (χ3v) is 5.11. The molecule has 1 aromatic heterocycles. The fraction of sp³-hybridized carbons (Fsp3) is 0.211. The maximum absolute atomic E-state index is 12.4. The van der Waals surface area contributed by atoms with Crippen molar-refractivity contribution in [2.45, 2.75) is 26.3 Å². The Hall–Kier alpha value is -2.73. The molecular formula is C19H18N2O3S. The van der Waals surface area contributed by atoms with E-state index in [0.29, 0.717) is 11.5 Å². The molecule has 2 aromatic carbocycles. The lowest BCUT2D eigenvalue weighted by atomic mass is 10.1. The number of hydrogen-bond acceptors (Lipinski definition) is 4.